The highest BCUT2D eigenvalue weighted by Gasteiger charge is 2.21. The Balaban J connectivity index is 2.91. The average Bonchev–Trinajstić information content (AvgIpc) is 2.42. The number of methoxy groups -OCH3 is 2. The van der Waals surface area contributed by atoms with Crippen molar-refractivity contribution < 1.29 is 29.3 Å². The highest BCUT2D eigenvalue weighted by molar-refractivity contribution is 5.76. The van der Waals surface area contributed by atoms with E-state index in [1.807, 2.05) is 0 Å². The van der Waals surface area contributed by atoms with Crippen molar-refractivity contribution in [2.75, 3.05) is 20.8 Å². The van der Waals surface area contributed by atoms with E-state index in [-0.39, 0.29) is 13.0 Å². The maximum Gasteiger partial charge on any atom is 0.325 e. The van der Waals surface area contributed by atoms with Gasteiger partial charge in [0.15, 0.2) is 11.5 Å². The minimum absolute atomic E-state index is 0.0562. The number of rotatable bonds is 8. The lowest BCUT2D eigenvalue weighted by Crippen LogP contribution is -2.30. The summed E-state index contributed by atoms with van der Waals surface area (Å²) in [6, 6.07) is 3.73. The molecule has 1 atom stereocenters. The number of nitrogens with one attached hydrogen (secondary N) is 1. The van der Waals surface area contributed by atoms with Gasteiger partial charge in [0.05, 0.1) is 20.6 Å². The standard InChI is InChI=1S/C13H17NO6/c1-19-9-4-3-8(7-10(9)20-2)12(13(17)18)14-6-5-11(15)16/h3-4,7,12,14H,5-6H2,1-2H3,(H,15,16)(H,17,18). The Morgan fingerprint density at radius 2 is 1.85 bits per heavy atom. The number of ether oxygens (including phenoxy) is 2. The lowest BCUT2D eigenvalue weighted by molar-refractivity contribution is -0.141. The summed E-state index contributed by atoms with van der Waals surface area (Å²) in [5, 5.41) is 20.4. The molecule has 0 saturated heterocycles. The van der Waals surface area contributed by atoms with Crippen LogP contribution in [-0.2, 0) is 9.59 Å². The van der Waals surface area contributed by atoms with E-state index >= 15 is 0 Å². The smallest absolute Gasteiger partial charge is 0.325 e. The number of hydrogen-bond donors (Lipinski definition) is 3. The van der Waals surface area contributed by atoms with Crippen molar-refractivity contribution in [1.29, 1.82) is 0 Å². The number of carboxylic acid groups (broad SMARTS) is 2. The highest BCUT2D eigenvalue weighted by atomic mass is 16.5. The molecule has 7 heteroatoms. The number of benzene rings is 1. The molecule has 110 valence electrons. The van der Waals surface area contributed by atoms with Crippen LogP contribution < -0.4 is 14.8 Å². The van der Waals surface area contributed by atoms with E-state index in [4.69, 9.17) is 14.6 Å². The van der Waals surface area contributed by atoms with Gasteiger partial charge in [-0.1, -0.05) is 6.07 Å². The molecular formula is C13H17NO6. The molecule has 0 heterocycles. The van der Waals surface area contributed by atoms with Gasteiger partial charge in [0, 0.05) is 6.54 Å². The first-order chi connectivity index (χ1) is 9.49. The van der Waals surface area contributed by atoms with E-state index in [0.29, 0.717) is 17.1 Å². The van der Waals surface area contributed by atoms with E-state index in [0.717, 1.165) is 0 Å². The van der Waals surface area contributed by atoms with Crippen LogP contribution in [0.5, 0.6) is 11.5 Å². The summed E-state index contributed by atoms with van der Waals surface area (Å²) in [6.45, 7) is 0.0562. The van der Waals surface area contributed by atoms with Crippen molar-refractivity contribution in [2.45, 2.75) is 12.5 Å². The normalized spacial score (nSPS) is 11.7. The van der Waals surface area contributed by atoms with Crippen LogP contribution in [0.25, 0.3) is 0 Å². The molecule has 0 saturated carbocycles. The van der Waals surface area contributed by atoms with Crippen molar-refractivity contribution in [3.05, 3.63) is 23.8 Å². The van der Waals surface area contributed by atoms with E-state index in [1.165, 1.54) is 14.2 Å². The fraction of sp³-hybridized carbons (Fsp3) is 0.385. The SMILES string of the molecule is COc1ccc(C(NCCC(=O)O)C(=O)O)cc1OC. The van der Waals surface area contributed by atoms with Gasteiger partial charge >= 0.3 is 11.9 Å². The van der Waals surface area contributed by atoms with Crippen LogP contribution in [0.3, 0.4) is 0 Å². The topological polar surface area (TPSA) is 105 Å². The fourth-order valence-corrected chi connectivity index (χ4v) is 1.70. The third-order valence-corrected chi connectivity index (χ3v) is 2.68. The Bertz CT molecular complexity index is 488. The Hall–Kier alpha value is -2.28. The minimum Gasteiger partial charge on any atom is -0.493 e. The molecule has 1 rings (SSSR count). The minimum atomic E-state index is -1.09. The Kier molecular flexibility index (Phi) is 5.79. The van der Waals surface area contributed by atoms with Crippen molar-refractivity contribution >= 4 is 11.9 Å². The monoisotopic (exact) mass is 283 g/mol. The molecule has 3 N–H and O–H groups in total. The lowest BCUT2D eigenvalue weighted by Gasteiger charge is -2.16. The number of carbonyl (C=O) groups is 2. The summed E-state index contributed by atoms with van der Waals surface area (Å²) < 4.78 is 10.2. The second kappa shape index (κ2) is 7.34. The molecule has 1 aromatic carbocycles. The largest absolute Gasteiger partial charge is 0.493 e. The first kappa shape index (κ1) is 15.8. The van der Waals surface area contributed by atoms with Crippen LogP contribution in [0.2, 0.25) is 0 Å². The quantitative estimate of drug-likeness (QED) is 0.650. The number of aliphatic carboxylic acids is 2. The molecule has 1 unspecified atom stereocenters. The number of carboxylic acids is 2. The lowest BCUT2D eigenvalue weighted by atomic mass is 10.1. The molecule has 0 aliphatic rings. The van der Waals surface area contributed by atoms with Gasteiger partial charge in [-0.05, 0) is 17.7 Å². The zero-order valence-corrected chi connectivity index (χ0v) is 11.3. The van der Waals surface area contributed by atoms with Gasteiger partial charge in [0.2, 0.25) is 0 Å². The van der Waals surface area contributed by atoms with Crippen LogP contribution in [0.15, 0.2) is 18.2 Å². The first-order valence-corrected chi connectivity index (χ1v) is 5.89. The molecule has 0 aliphatic carbocycles. The van der Waals surface area contributed by atoms with Gasteiger partial charge in [-0.3, -0.25) is 9.59 Å². The second-order valence-corrected chi connectivity index (χ2v) is 3.98. The predicted molar refractivity (Wildman–Crippen MR) is 70.2 cm³/mol. The van der Waals surface area contributed by atoms with Crippen LogP contribution in [-0.4, -0.2) is 42.9 Å². The summed E-state index contributed by atoms with van der Waals surface area (Å²) in [7, 11) is 2.94. The van der Waals surface area contributed by atoms with Crippen LogP contribution >= 0.6 is 0 Å². The fourth-order valence-electron chi connectivity index (χ4n) is 1.70. The molecule has 20 heavy (non-hydrogen) atoms. The van der Waals surface area contributed by atoms with Gasteiger partial charge in [-0.2, -0.15) is 0 Å². The van der Waals surface area contributed by atoms with E-state index in [9.17, 15) is 14.7 Å². The summed E-state index contributed by atoms with van der Waals surface area (Å²) in [5.41, 5.74) is 0.459. The molecule has 0 aromatic heterocycles. The van der Waals surface area contributed by atoms with Crippen LogP contribution in [0, 0.1) is 0 Å². The zero-order chi connectivity index (χ0) is 15.1. The van der Waals surface area contributed by atoms with Crippen LogP contribution in [0.4, 0.5) is 0 Å². The molecule has 0 bridgehead atoms. The molecular weight excluding hydrogens is 266 g/mol. The summed E-state index contributed by atoms with van der Waals surface area (Å²) in [5.74, 6) is -1.18. The molecule has 0 amide bonds. The maximum absolute atomic E-state index is 11.2. The molecule has 0 radical (unpaired) electrons. The zero-order valence-electron chi connectivity index (χ0n) is 11.3. The van der Waals surface area contributed by atoms with Crippen LogP contribution in [0.1, 0.15) is 18.0 Å². The van der Waals surface area contributed by atoms with E-state index in [2.05, 4.69) is 5.32 Å². The molecule has 1 aromatic rings. The third-order valence-electron chi connectivity index (χ3n) is 2.68. The molecule has 0 fully saturated rings. The predicted octanol–water partition coefficient (Wildman–Crippen LogP) is 0.894. The Morgan fingerprint density at radius 1 is 1.20 bits per heavy atom. The van der Waals surface area contributed by atoms with Gasteiger partial charge in [0.1, 0.15) is 6.04 Å². The number of hydrogen-bond acceptors (Lipinski definition) is 5. The molecule has 0 aliphatic heterocycles. The Labute approximate surface area is 116 Å². The third kappa shape index (κ3) is 4.13. The maximum atomic E-state index is 11.2. The van der Waals surface area contributed by atoms with Gasteiger partial charge in [-0.15, -0.1) is 0 Å². The summed E-state index contributed by atoms with van der Waals surface area (Å²) in [4.78, 5) is 21.7. The van der Waals surface area contributed by atoms with Gasteiger partial charge in [0.25, 0.3) is 0 Å². The van der Waals surface area contributed by atoms with Gasteiger partial charge in [-0.25, -0.2) is 0 Å². The van der Waals surface area contributed by atoms with Gasteiger partial charge < -0.3 is 25.0 Å². The van der Waals surface area contributed by atoms with E-state index in [1.54, 1.807) is 18.2 Å². The van der Waals surface area contributed by atoms with Crippen molar-refractivity contribution in [3.8, 4) is 11.5 Å². The highest BCUT2D eigenvalue weighted by Crippen LogP contribution is 2.30. The molecule has 0 spiro atoms. The van der Waals surface area contributed by atoms with Crippen molar-refractivity contribution in [1.82, 2.24) is 5.32 Å². The van der Waals surface area contributed by atoms with E-state index < -0.39 is 18.0 Å². The first-order valence-electron chi connectivity index (χ1n) is 5.89. The average molecular weight is 283 g/mol. The van der Waals surface area contributed by atoms with Crippen molar-refractivity contribution in [2.24, 2.45) is 0 Å². The summed E-state index contributed by atoms with van der Waals surface area (Å²) in [6.07, 6.45) is -0.156. The van der Waals surface area contributed by atoms with Crippen molar-refractivity contribution in [3.63, 3.8) is 0 Å². The second-order valence-electron chi connectivity index (χ2n) is 3.98. The summed E-state index contributed by atoms with van der Waals surface area (Å²) >= 11 is 0. The molecule has 7 nitrogen and oxygen atoms in total. The Morgan fingerprint density at radius 3 is 2.35 bits per heavy atom.